The van der Waals surface area contributed by atoms with E-state index in [1.54, 1.807) is 0 Å². The molecule has 0 fully saturated rings. The number of hydrogen-bond acceptors (Lipinski definition) is 3. The van der Waals surface area contributed by atoms with Crippen molar-refractivity contribution in [3.8, 4) is 22.9 Å². The quantitative estimate of drug-likeness (QED) is 0.697. The van der Waals surface area contributed by atoms with Crippen molar-refractivity contribution in [2.24, 2.45) is 0 Å². The van der Waals surface area contributed by atoms with Crippen LogP contribution in [0.3, 0.4) is 0 Å². The van der Waals surface area contributed by atoms with Gasteiger partial charge in [0.05, 0.1) is 0 Å². The molecule has 0 bridgehead atoms. The van der Waals surface area contributed by atoms with Crippen LogP contribution in [0.2, 0.25) is 0 Å². The standard InChI is InChI=1S/C16H13BrN2O/c1-2-11-3-5-12(6-4-11)15-18-19-16(20-15)13-7-9-14(17)10-8-13/h3-10H,2H2,1H3. The average molecular weight is 329 g/mol. The minimum Gasteiger partial charge on any atom is -0.416 e. The Labute approximate surface area is 125 Å². The first kappa shape index (κ1) is 13.1. The largest absolute Gasteiger partial charge is 0.416 e. The highest BCUT2D eigenvalue weighted by atomic mass is 79.9. The highest BCUT2D eigenvalue weighted by Gasteiger charge is 2.10. The highest BCUT2D eigenvalue weighted by Crippen LogP contribution is 2.25. The molecule has 0 saturated heterocycles. The Balaban J connectivity index is 1.91. The van der Waals surface area contributed by atoms with Crippen LogP contribution in [0, 0.1) is 0 Å². The third kappa shape index (κ3) is 2.65. The van der Waals surface area contributed by atoms with Crippen LogP contribution in [0.15, 0.2) is 57.4 Å². The van der Waals surface area contributed by atoms with E-state index in [2.05, 4.69) is 45.2 Å². The molecule has 0 amide bonds. The van der Waals surface area contributed by atoms with E-state index in [4.69, 9.17) is 4.42 Å². The summed E-state index contributed by atoms with van der Waals surface area (Å²) in [5.74, 6) is 1.08. The van der Waals surface area contributed by atoms with Crippen molar-refractivity contribution in [2.45, 2.75) is 13.3 Å². The Morgan fingerprint density at radius 3 is 1.85 bits per heavy atom. The van der Waals surface area contributed by atoms with E-state index in [0.29, 0.717) is 11.8 Å². The van der Waals surface area contributed by atoms with Crippen molar-refractivity contribution >= 4 is 15.9 Å². The van der Waals surface area contributed by atoms with Crippen molar-refractivity contribution in [3.05, 3.63) is 58.6 Å². The number of rotatable bonds is 3. The molecule has 100 valence electrons. The summed E-state index contributed by atoms with van der Waals surface area (Å²) in [5.41, 5.74) is 3.15. The van der Waals surface area contributed by atoms with E-state index in [1.807, 2.05) is 36.4 Å². The fraction of sp³-hybridized carbons (Fsp3) is 0.125. The molecule has 20 heavy (non-hydrogen) atoms. The first-order valence-electron chi connectivity index (χ1n) is 6.45. The van der Waals surface area contributed by atoms with Crippen LogP contribution in [0.25, 0.3) is 22.9 Å². The molecule has 3 rings (SSSR count). The summed E-state index contributed by atoms with van der Waals surface area (Å²) < 4.78 is 6.76. The summed E-state index contributed by atoms with van der Waals surface area (Å²) in [5, 5.41) is 8.22. The van der Waals surface area contributed by atoms with Crippen LogP contribution in [-0.4, -0.2) is 10.2 Å². The number of aryl methyl sites for hydroxylation is 1. The van der Waals surface area contributed by atoms with E-state index in [1.165, 1.54) is 5.56 Å². The maximum absolute atomic E-state index is 5.73. The Bertz CT molecular complexity index is 702. The Hall–Kier alpha value is -1.94. The molecule has 1 heterocycles. The van der Waals surface area contributed by atoms with Crippen molar-refractivity contribution in [3.63, 3.8) is 0 Å². The maximum Gasteiger partial charge on any atom is 0.248 e. The zero-order chi connectivity index (χ0) is 13.9. The lowest BCUT2D eigenvalue weighted by Gasteiger charge is -1.98. The van der Waals surface area contributed by atoms with Gasteiger partial charge in [0.15, 0.2) is 0 Å². The van der Waals surface area contributed by atoms with Crippen molar-refractivity contribution in [2.75, 3.05) is 0 Å². The smallest absolute Gasteiger partial charge is 0.248 e. The van der Waals surface area contributed by atoms with E-state index >= 15 is 0 Å². The van der Waals surface area contributed by atoms with Gasteiger partial charge in [-0.3, -0.25) is 0 Å². The molecule has 0 saturated carbocycles. The molecule has 0 N–H and O–H groups in total. The summed E-state index contributed by atoms with van der Waals surface area (Å²) in [7, 11) is 0. The number of hydrogen-bond donors (Lipinski definition) is 0. The molecule has 0 spiro atoms. The fourth-order valence-electron chi connectivity index (χ4n) is 1.93. The lowest BCUT2D eigenvalue weighted by Crippen LogP contribution is -1.81. The van der Waals surface area contributed by atoms with Gasteiger partial charge in [0.2, 0.25) is 11.8 Å². The van der Waals surface area contributed by atoms with Crippen LogP contribution in [0.4, 0.5) is 0 Å². The minimum atomic E-state index is 0.534. The highest BCUT2D eigenvalue weighted by molar-refractivity contribution is 9.10. The monoisotopic (exact) mass is 328 g/mol. The number of halogens is 1. The zero-order valence-electron chi connectivity index (χ0n) is 11.0. The Morgan fingerprint density at radius 2 is 1.35 bits per heavy atom. The van der Waals surface area contributed by atoms with E-state index in [9.17, 15) is 0 Å². The van der Waals surface area contributed by atoms with Gasteiger partial charge in [-0.1, -0.05) is 35.0 Å². The lowest BCUT2D eigenvalue weighted by atomic mass is 10.1. The second-order valence-electron chi connectivity index (χ2n) is 4.47. The molecule has 0 aliphatic rings. The van der Waals surface area contributed by atoms with Gasteiger partial charge >= 0.3 is 0 Å². The molecule has 0 aliphatic heterocycles. The van der Waals surface area contributed by atoms with Gasteiger partial charge in [-0.2, -0.15) is 0 Å². The SMILES string of the molecule is CCc1ccc(-c2nnc(-c3ccc(Br)cc3)o2)cc1. The van der Waals surface area contributed by atoms with Gasteiger partial charge in [-0.15, -0.1) is 10.2 Å². The van der Waals surface area contributed by atoms with Crippen LogP contribution >= 0.6 is 15.9 Å². The fourth-order valence-corrected chi connectivity index (χ4v) is 2.20. The molecule has 1 aromatic heterocycles. The zero-order valence-corrected chi connectivity index (χ0v) is 12.6. The summed E-state index contributed by atoms with van der Waals surface area (Å²) >= 11 is 3.41. The molecular weight excluding hydrogens is 316 g/mol. The number of benzene rings is 2. The second-order valence-corrected chi connectivity index (χ2v) is 5.39. The van der Waals surface area contributed by atoms with Crippen molar-refractivity contribution < 1.29 is 4.42 Å². The Kier molecular flexibility index (Phi) is 3.65. The second kappa shape index (κ2) is 5.59. The molecule has 0 aliphatic carbocycles. The van der Waals surface area contributed by atoms with Crippen LogP contribution < -0.4 is 0 Å². The third-order valence-corrected chi connectivity index (χ3v) is 3.65. The molecule has 4 heteroatoms. The third-order valence-electron chi connectivity index (χ3n) is 3.13. The van der Waals surface area contributed by atoms with Crippen LogP contribution in [0.1, 0.15) is 12.5 Å². The molecule has 2 aromatic carbocycles. The topological polar surface area (TPSA) is 38.9 Å². The van der Waals surface area contributed by atoms with Gasteiger partial charge in [0, 0.05) is 15.6 Å². The van der Waals surface area contributed by atoms with Gasteiger partial charge in [-0.05, 0) is 48.4 Å². The molecule has 3 aromatic rings. The maximum atomic E-state index is 5.73. The predicted molar refractivity (Wildman–Crippen MR) is 82.2 cm³/mol. The molecule has 0 unspecified atom stereocenters. The lowest BCUT2D eigenvalue weighted by molar-refractivity contribution is 0.584. The van der Waals surface area contributed by atoms with Gasteiger partial charge < -0.3 is 4.42 Å². The van der Waals surface area contributed by atoms with Crippen molar-refractivity contribution in [1.29, 1.82) is 0 Å². The molecule has 3 nitrogen and oxygen atoms in total. The van der Waals surface area contributed by atoms with Crippen LogP contribution in [-0.2, 0) is 6.42 Å². The summed E-state index contributed by atoms with van der Waals surface area (Å²) in [6.45, 7) is 2.13. The van der Waals surface area contributed by atoms with E-state index in [-0.39, 0.29) is 0 Å². The van der Waals surface area contributed by atoms with Gasteiger partial charge in [0.25, 0.3) is 0 Å². The normalized spacial score (nSPS) is 10.7. The molecule has 0 atom stereocenters. The van der Waals surface area contributed by atoms with Gasteiger partial charge in [-0.25, -0.2) is 0 Å². The first-order chi connectivity index (χ1) is 9.76. The van der Waals surface area contributed by atoms with Crippen molar-refractivity contribution in [1.82, 2.24) is 10.2 Å². The van der Waals surface area contributed by atoms with E-state index < -0.39 is 0 Å². The summed E-state index contributed by atoms with van der Waals surface area (Å²) in [6.07, 6.45) is 1.02. The summed E-state index contributed by atoms with van der Waals surface area (Å²) in [6, 6.07) is 16.0. The molecular formula is C16H13BrN2O. The van der Waals surface area contributed by atoms with Crippen LogP contribution in [0.5, 0.6) is 0 Å². The first-order valence-corrected chi connectivity index (χ1v) is 7.24. The predicted octanol–water partition coefficient (Wildman–Crippen LogP) is 4.73. The minimum absolute atomic E-state index is 0.534. The number of nitrogens with zero attached hydrogens (tertiary/aromatic N) is 2. The average Bonchev–Trinajstić information content (AvgIpc) is 2.98. The van der Waals surface area contributed by atoms with Gasteiger partial charge in [0.1, 0.15) is 0 Å². The summed E-state index contributed by atoms with van der Waals surface area (Å²) in [4.78, 5) is 0. The number of aromatic nitrogens is 2. The Morgan fingerprint density at radius 1 is 0.850 bits per heavy atom. The molecule has 0 radical (unpaired) electrons. The van der Waals surface area contributed by atoms with E-state index in [0.717, 1.165) is 22.0 Å².